The first kappa shape index (κ1) is 11.7. The fourth-order valence-corrected chi connectivity index (χ4v) is 4.93. The van der Waals surface area contributed by atoms with Crippen LogP contribution in [0.4, 0.5) is 0 Å². The lowest BCUT2D eigenvalue weighted by atomic mass is 9.84. The molecule has 0 spiro atoms. The van der Waals surface area contributed by atoms with Crippen LogP contribution in [0.5, 0.6) is 0 Å². The highest BCUT2D eigenvalue weighted by Crippen LogP contribution is 2.51. The number of aromatic nitrogens is 1. The van der Waals surface area contributed by atoms with Crippen LogP contribution in [0.1, 0.15) is 53.7 Å². The minimum absolute atomic E-state index is 0.227. The quantitative estimate of drug-likeness (QED) is 0.890. The van der Waals surface area contributed by atoms with Gasteiger partial charge in [-0.2, -0.15) is 0 Å². The highest BCUT2D eigenvalue weighted by Gasteiger charge is 2.40. The molecule has 2 N–H and O–H groups in total. The molecule has 94 valence electrons. The van der Waals surface area contributed by atoms with Crippen molar-refractivity contribution in [1.29, 1.82) is 0 Å². The molecule has 17 heavy (non-hydrogen) atoms. The molecule has 2 fully saturated rings. The van der Waals surface area contributed by atoms with E-state index in [1.165, 1.54) is 37.0 Å². The molecule has 2 aliphatic rings. The standard InChI is InChI=1S/C14H22N2S/c1-8-14(17-9(2)16-8)13(15)7-12-6-10-3-4-11(12)5-10/h10-13H,3-7,15H2,1-2H3. The van der Waals surface area contributed by atoms with E-state index in [9.17, 15) is 0 Å². The minimum atomic E-state index is 0.227. The van der Waals surface area contributed by atoms with E-state index in [0.29, 0.717) is 0 Å². The second kappa shape index (κ2) is 4.36. The molecule has 0 radical (unpaired) electrons. The lowest BCUT2D eigenvalue weighted by Gasteiger charge is -2.24. The number of fused-ring (bicyclic) bond motifs is 2. The van der Waals surface area contributed by atoms with Crippen molar-refractivity contribution in [1.82, 2.24) is 4.98 Å². The predicted molar refractivity (Wildman–Crippen MR) is 72.1 cm³/mol. The van der Waals surface area contributed by atoms with Gasteiger partial charge in [0.1, 0.15) is 0 Å². The van der Waals surface area contributed by atoms with E-state index >= 15 is 0 Å². The van der Waals surface area contributed by atoms with Gasteiger partial charge < -0.3 is 5.73 Å². The molecule has 0 aromatic carbocycles. The summed E-state index contributed by atoms with van der Waals surface area (Å²) in [5.74, 6) is 2.91. The fraction of sp³-hybridized carbons (Fsp3) is 0.786. The Morgan fingerprint density at radius 1 is 1.35 bits per heavy atom. The first-order valence-electron chi connectivity index (χ1n) is 6.83. The number of thiazole rings is 1. The third-order valence-corrected chi connectivity index (χ3v) is 5.92. The molecule has 4 atom stereocenters. The van der Waals surface area contributed by atoms with Crippen molar-refractivity contribution in [3.63, 3.8) is 0 Å². The third kappa shape index (κ3) is 2.15. The molecule has 4 unspecified atom stereocenters. The Bertz CT molecular complexity index is 412. The van der Waals surface area contributed by atoms with Crippen LogP contribution in [-0.4, -0.2) is 4.98 Å². The lowest BCUT2D eigenvalue weighted by Crippen LogP contribution is -2.19. The monoisotopic (exact) mass is 250 g/mol. The highest BCUT2D eigenvalue weighted by atomic mass is 32.1. The van der Waals surface area contributed by atoms with Crippen molar-refractivity contribution in [3.8, 4) is 0 Å². The van der Waals surface area contributed by atoms with Gasteiger partial charge in [0.15, 0.2) is 0 Å². The Kier molecular flexibility index (Phi) is 2.99. The Balaban J connectivity index is 1.67. The zero-order valence-corrected chi connectivity index (χ0v) is 11.6. The van der Waals surface area contributed by atoms with Crippen LogP contribution in [-0.2, 0) is 0 Å². The van der Waals surface area contributed by atoms with E-state index < -0.39 is 0 Å². The maximum Gasteiger partial charge on any atom is 0.0900 e. The van der Waals surface area contributed by atoms with Gasteiger partial charge in [-0.1, -0.05) is 6.42 Å². The second-order valence-corrected chi connectivity index (χ2v) is 7.19. The molecular weight excluding hydrogens is 228 g/mol. The van der Waals surface area contributed by atoms with E-state index in [2.05, 4.69) is 18.8 Å². The summed E-state index contributed by atoms with van der Waals surface area (Å²) in [5, 5.41) is 1.15. The molecule has 0 amide bonds. The molecule has 0 saturated heterocycles. The van der Waals surface area contributed by atoms with Gasteiger partial charge in [0.25, 0.3) is 0 Å². The highest BCUT2D eigenvalue weighted by molar-refractivity contribution is 7.11. The van der Waals surface area contributed by atoms with Crippen LogP contribution in [0.3, 0.4) is 0 Å². The van der Waals surface area contributed by atoms with Crippen molar-refractivity contribution in [2.45, 2.75) is 52.0 Å². The van der Waals surface area contributed by atoms with Crippen molar-refractivity contribution >= 4 is 11.3 Å². The molecule has 0 aliphatic heterocycles. The summed E-state index contributed by atoms with van der Waals surface area (Å²) in [6, 6.07) is 0.227. The van der Waals surface area contributed by atoms with Gasteiger partial charge in [0.05, 0.1) is 10.7 Å². The molecule has 1 aromatic heterocycles. The van der Waals surface area contributed by atoms with Gasteiger partial charge in [-0.25, -0.2) is 4.98 Å². The molecule has 1 aromatic rings. The molecular formula is C14H22N2S. The molecule has 2 nitrogen and oxygen atoms in total. The number of nitrogens with zero attached hydrogens (tertiary/aromatic N) is 1. The smallest absolute Gasteiger partial charge is 0.0900 e. The summed E-state index contributed by atoms with van der Waals surface area (Å²) in [4.78, 5) is 5.82. The van der Waals surface area contributed by atoms with Crippen molar-refractivity contribution in [3.05, 3.63) is 15.6 Å². The maximum atomic E-state index is 6.39. The van der Waals surface area contributed by atoms with Gasteiger partial charge in [-0.05, 0) is 57.3 Å². The van der Waals surface area contributed by atoms with Crippen LogP contribution < -0.4 is 5.73 Å². The largest absolute Gasteiger partial charge is 0.323 e. The van der Waals surface area contributed by atoms with E-state index in [0.717, 1.165) is 28.5 Å². The zero-order chi connectivity index (χ0) is 12.0. The molecule has 2 saturated carbocycles. The van der Waals surface area contributed by atoms with Crippen molar-refractivity contribution in [2.24, 2.45) is 23.5 Å². The predicted octanol–water partition coefficient (Wildman–Crippen LogP) is 3.59. The van der Waals surface area contributed by atoms with Crippen LogP contribution in [0.15, 0.2) is 0 Å². The number of nitrogens with two attached hydrogens (primary N) is 1. The van der Waals surface area contributed by atoms with E-state index in [1.54, 1.807) is 11.3 Å². The van der Waals surface area contributed by atoms with Crippen molar-refractivity contribution in [2.75, 3.05) is 0 Å². The van der Waals surface area contributed by atoms with E-state index in [1.807, 2.05) is 0 Å². The SMILES string of the molecule is Cc1nc(C)c(C(N)CC2CC3CCC2C3)s1. The molecule has 1 heterocycles. The van der Waals surface area contributed by atoms with Gasteiger partial charge in [0.2, 0.25) is 0 Å². The topological polar surface area (TPSA) is 38.9 Å². The van der Waals surface area contributed by atoms with Crippen LogP contribution in [0.2, 0.25) is 0 Å². The van der Waals surface area contributed by atoms with Crippen molar-refractivity contribution < 1.29 is 0 Å². The summed E-state index contributed by atoms with van der Waals surface area (Å²) in [6.45, 7) is 4.17. The molecule has 2 aliphatic carbocycles. The summed E-state index contributed by atoms with van der Waals surface area (Å²) >= 11 is 1.79. The van der Waals surface area contributed by atoms with Crippen LogP contribution >= 0.6 is 11.3 Å². The van der Waals surface area contributed by atoms with Gasteiger partial charge in [-0.3, -0.25) is 0 Å². The average Bonchev–Trinajstić information content (AvgIpc) is 2.93. The number of rotatable bonds is 3. The normalized spacial score (nSPS) is 33.2. The van der Waals surface area contributed by atoms with Crippen LogP contribution in [0, 0.1) is 31.6 Å². The first-order valence-corrected chi connectivity index (χ1v) is 7.64. The minimum Gasteiger partial charge on any atom is -0.323 e. The van der Waals surface area contributed by atoms with Gasteiger partial charge in [-0.15, -0.1) is 11.3 Å². The summed E-state index contributed by atoms with van der Waals surface area (Å²) in [5.41, 5.74) is 7.55. The molecule has 3 heteroatoms. The molecule has 2 bridgehead atoms. The van der Waals surface area contributed by atoms with Gasteiger partial charge >= 0.3 is 0 Å². The maximum absolute atomic E-state index is 6.39. The Labute approximate surface area is 108 Å². The zero-order valence-electron chi connectivity index (χ0n) is 10.8. The average molecular weight is 250 g/mol. The Hall–Kier alpha value is -0.410. The summed E-state index contributed by atoms with van der Waals surface area (Å²) < 4.78 is 0. The summed E-state index contributed by atoms with van der Waals surface area (Å²) in [6.07, 6.45) is 7.05. The fourth-order valence-electron chi connectivity index (χ4n) is 3.99. The van der Waals surface area contributed by atoms with Gasteiger partial charge in [0, 0.05) is 10.9 Å². The number of hydrogen-bond acceptors (Lipinski definition) is 3. The number of hydrogen-bond donors (Lipinski definition) is 1. The Morgan fingerprint density at radius 2 is 2.18 bits per heavy atom. The van der Waals surface area contributed by atoms with E-state index in [-0.39, 0.29) is 6.04 Å². The Morgan fingerprint density at radius 3 is 2.71 bits per heavy atom. The third-order valence-electron chi connectivity index (χ3n) is 4.72. The second-order valence-electron chi connectivity index (χ2n) is 5.96. The summed E-state index contributed by atoms with van der Waals surface area (Å²) in [7, 11) is 0. The molecule has 3 rings (SSSR count). The number of aryl methyl sites for hydroxylation is 2. The van der Waals surface area contributed by atoms with E-state index in [4.69, 9.17) is 5.73 Å². The lowest BCUT2D eigenvalue weighted by molar-refractivity contribution is 0.297. The van der Waals surface area contributed by atoms with Crippen LogP contribution in [0.25, 0.3) is 0 Å². The first-order chi connectivity index (χ1) is 8.13.